The molecule has 0 spiro atoms. The van der Waals surface area contributed by atoms with Crippen LogP contribution in [0.2, 0.25) is 0 Å². The average Bonchev–Trinajstić information content (AvgIpc) is 2.73. The molecular weight excluding hydrogens is 491 g/mol. The van der Waals surface area contributed by atoms with Gasteiger partial charge in [0.25, 0.3) is 0 Å². The Balaban J connectivity index is 0.00000256. The van der Waals surface area contributed by atoms with E-state index in [1.807, 2.05) is 0 Å². The minimum absolute atomic E-state index is 0. The van der Waals surface area contributed by atoms with Crippen LogP contribution in [0.5, 0.6) is 0 Å². The molecule has 4 rings (SSSR count). The van der Waals surface area contributed by atoms with Gasteiger partial charge < -0.3 is 17.0 Å². The zero-order valence-electron chi connectivity index (χ0n) is 18.1. The molecule has 0 amide bonds. The van der Waals surface area contributed by atoms with Gasteiger partial charge in [-0.05, 0) is 0 Å². The molecular formula is C28H28AsBr. The van der Waals surface area contributed by atoms with Crippen LogP contribution < -0.4 is 34.4 Å². The van der Waals surface area contributed by atoms with E-state index in [0.29, 0.717) is 0 Å². The maximum absolute atomic E-state index is 2.98. The predicted octanol–water partition coefficient (Wildman–Crippen LogP) is 1.30. The van der Waals surface area contributed by atoms with Gasteiger partial charge >= 0.3 is 178 Å². The molecule has 0 aliphatic heterocycles. The van der Waals surface area contributed by atoms with Gasteiger partial charge in [-0.25, -0.2) is 0 Å². The molecule has 30 heavy (non-hydrogen) atoms. The van der Waals surface area contributed by atoms with Gasteiger partial charge in [0.15, 0.2) is 0 Å². The number of aryl methyl sites for hydroxylation is 4. The normalized spacial score (nSPS) is 11.1. The Morgan fingerprint density at radius 2 is 0.567 bits per heavy atom. The zero-order valence-corrected chi connectivity index (χ0v) is 21.5. The van der Waals surface area contributed by atoms with E-state index in [0.717, 1.165) is 0 Å². The molecule has 0 heterocycles. The first-order valence-corrected chi connectivity index (χ1v) is 14.0. The molecule has 152 valence electrons. The predicted molar refractivity (Wildman–Crippen MR) is 129 cm³/mol. The van der Waals surface area contributed by atoms with Crippen LogP contribution in [0, 0.1) is 27.7 Å². The minimum Gasteiger partial charge on any atom is -1.00 e. The second kappa shape index (κ2) is 9.38. The second-order valence-electron chi connectivity index (χ2n) is 7.82. The van der Waals surface area contributed by atoms with E-state index in [9.17, 15) is 0 Å². The Kier molecular flexibility index (Phi) is 7.06. The van der Waals surface area contributed by atoms with Crippen molar-refractivity contribution in [2.24, 2.45) is 0 Å². The molecule has 4 aromatic rings. The number of hydrogen-bond acceptors (Lipinski definition) is 0. The Morgan fingerprint density at radius 3 is 0.767 bits per heavy atom. The largest absolute Gasteiger partial charge is 1.00 e. The third-order valence-corrected chi connectivity index (χ3v) is 16.2. The van der Waals surface area contributed by atoms with E-state index in [4.69, 9.17) is 0 Å². The molecule has 0 nitrogen and oxygen atoms in total. The van der Waals surface area contributed by atoms with Crippen molar-refractivity contribution < 1.29 is 17.0 Å². The molecule has 0 bridgehead atoms. The van der Waals surface area contributed by atoms with E-state index in [1.54, 1.807) is 0 Å². The van der Waals surface area contributed by atoms with Crippen LogP contribution in [-0.4, -0.2) is 13.6 Å². The maximum Gasteiger partial charge on any atom is -1.00 e. The van der Waals surface area contributed by atoms with Crippen molar-refractivity contribution in [3.8, 4) is 0 Å². The number of hydrogen-bond donors (Lipinski definition) is 0. The van der Waals surface area contributed by atoms with Crippen molar-refractivity contribution in [3.05, 3.63) is 119 Å². The maximum atomic E-state index is 2.38. The van der Waals surface area contributed by atoms with Crippen LogP contribution >= 0.6 is 0 Å². The van der Waals surface area contributed by atoms with E-state index in [2.05, 4.69) is 125 Å². The van der Waals surface area contributed by atoms with E-state index >= 15 is 0 Å². The summed E-state index contributed by atoms with van der Waals surface area (Å²) in [7, 11) is 0. The van der Waals surface area contributed by atoms with Crippen molar-refractivity contribution in [2.45, 2.75) is 27.7 Å². The van der Waals surface area contributed by atoms with Gasteiger partial charge in [0.1, 0.15) is 0 Å². The fourth-order valence-corrected chi connectivity index (χ4v) is 15.5. The molecule has 2 heteroatoms. The topological polar surface area (TPSA) is 0 Å². The van der Waals surface area contributed by atoms with Gasteiger partial charge in [0.2, 0.25) is 0 Å². The van der Waals surface area contributed by atoms with Crippen LogP contribution in [0.4, 0.5) is 0 Å². The van der Waals surface area contributed by atoms with Crippen LogP contribution in [0.1, 0.15) is 22.3 Å². The Bertz CT molecular complexity index is 975. The molecule has 0 aliphatic rings. The van der Waals surface area contributed by atoms with Gasteiger partial charge in [0.05, 0.1) is 0 Å². The molecule has 0 aromatic heterocycles. The van der Waals surface area contributed by atoms with Gasteiger partial charge in [-0.2, -0.15) is 0 Å². The average molecular weight is 519 g/mol. The number of benzene rings is 4. The summed E-state index contributed by atoms with van der Waals surface area (Å²) in [4.78, 5) is 0. The quantitative estimate of drug-likeness (QED) is 0.357. The summed E-state index contributed by atoms with van der Waals surface area (Å²) in [6, 6.07) is 36.2. The molecule has 0 aliphatic carbocycles. The summed E-state index contributed by atoms with van der Waals surface area (Å²) in [5.41, 5.74) is 5.54. The first kappa shape index (κ1) is 22.6. The summed E-state index contributed by atoms with van der Waals surface area (Å²) in [6.07, 6.45) is 0. The number of halogens is 1. The van der Waals surface area contributed by atoms with Crippen molar-refractivity contribution in [1.29, 1.82) is 0 Å². The van der Waals surface area contributed by atoms with Crippen LogP contribution in [-0.2, 0) is 0 Å². The smallest absolute Gasteiger partial charge is 1.00 e. The van der Waals surface area contributed by atoms with Crippen molar-refractivity contribution in [1.82, 2.24) is 0 Å². The third kappa shape index (κ3) is 3.70. The van der Waals surface area contributed by atoms with E-state index in [1.165, 1.54) is 39.7 Å². The summed E-state index contributed by atoms with van der Waals surface area (Å²) < 4.78 is 6.07. The van der Waals surface area contributed by atoms with Crippen molar-refractivity contribution in [3.63, 3.8) is 0 Å². The summed E-state index contributed by atoms with van der Waals surface area (Å²) in [5.74, 6) is 0. The Morgan fingerprint density at radius 1 is 0.367 bits per heavy atom. The fourth-order valence-electron chi connectivity index (χ4n) is 4.54. The summed E-state index contributed by atoms with van der Waals surface area (Å²) in [6.45, 7) is 9.11. The molecule has 0 atom stereocenters. The molecule has 0 unspecified atom stereocenters. The van der Waals surface area contributed by atoms with Crippen LogP contribution in [0.25, 0.3) is 0 Å². The molecule has 4 aromatic carbocycles. The monoisotopic (exact) mass is 518 g/mol. The van der Waals surface area contributed by atoms with Gasteiger partial charge in [0, 0.05) is 0 Å². The molecule has 0 N–H and O–H groups in total. The Labute approximate surface area is 194 Å². The SMILES string of the molecule is Cc1ccccc1[As+](c1ccccc1C)(c1ccccc1C)c1ccccc1C.[Br-]. The number of rotatable bonds is 4. The zero-order chi connectivity index (χ0) is 20.4. The van der Waals surface area contributed by atoms with Crippen molar-refractivity contribution >= 4 is 31.0 Å². The van der Waals surface area contributed by atoms with E-state index in [-0.39, 0.29) is 17.0 Å². The molecule has 0 saturated carbocycles. The van der Waals surface area contributed by atoms with Crippen molar-refractivity contribution in [2.75, 3.05) is 0 Å². The Hall–Kier alpha value is -2.08. The summed E-state index contributed by atoms with van der Waals surface area (Å²) >= 11 is -2.98. The second-order valence-corrected chi connectivity index (χ2v) is 14.7. The van der Waals surface area contributed by atoms with Gasteiger partial charge in [-0.15, -0.1) is 0 Å². The standard InChI is InChI=1S/C28H28As.BrH/c1-21-13-5-9-17-25(21)29(26-18-10-6-14-22(26)2,27-19-11-7-15-23(27)3)28-20-12-8-16-24(28)4;/h5-20H,1-4H3;1H/q+1;/p-1. The first-order valence-electron chi connectivity index (χ1n) is 10.2. The summed E-state index contributed by atoms with van der Waals surface area (Å²) in [5, 5.41) is 0. The molecule has 0 saturated heterocycles. The fraction of sp³-hybridized carbons (Fsp3) is 0.143. The van der Waals surface area contributed by atoms with Crippen LogP contribution in [0.15, 0.2) is 97.1 Å². The van der Waals surface area contributed by atoms with E-state index < -0.39 is 13.6 Å². The third-order valence-electron chi connectivity index (χ3n) is 5.91. The minimum atomic E-state index is -2.98. The molecule has 0 radical (unpaired) electrons. The van der Waals surface area contributed by atoms with Gasteiger partial charge in [-0.3, -0.25) is 0 Å². The first-order chi connectivity index (χ1) is 14.1. The molecule has 0 fully saturated rings. The van der Waals surface area contributed by atoms with Crippen LogP contribution in [0.3, 0.4) is 0 Å². The van der Waals surface area contributed by atoms with Gasteiger partial charge in [-0.1, -0.05) is 0 Å².